The molecule has 0 unspecified atom stereocenters. The van der Waals surface area contributed by atoms with Crippen LogP contribution in [-0.4, -0.2) is 30.2 Å². The molecule has 0 radical (unpaired) electrons. The van der Waals surface area contributed by atoms with Crippen molar-refractivity contribution in [2.75, 3.05) is 31.3 Å². The molecule has 0 amide bonds. The molecular formula is C13H16N4O. The Balaban J connectivity index is 2.21. The van der Waals surface area contributed by atoms with Gasteiger partial charge in [0.15, 0.2) is 5.82 Å². The smallest absolute Gasteiger partial charge is 0.163 e. The van der Waals surface area contributed by atoms with Crippen molar-refractivity contribution < 1.29 is 4.74 Å². The maximum atomic E-state index is 5.78. The molecule has 0 aliphatic rings. The minimum Gasteiger partial charge on any atom is -0.384 e. The van der Waals surface area contributed by atoms with E-state index in [2.05, 4.69) is 15.3 Å². The lowest BCUT2D eigenvalue weighted by atomic mass is 10.2. The van der Waals surface area contributed by atoms with Crippen molar-refractivity contribution in [3.05, 3.63) is 36.4 Å². The van der Waals surface area contributed by atoms with Crippen molar-refractivity contribution in [3.8, 4) is 11.4 Å². The zero-order chi connectivity index (χ0) is 12.8. The third kappa shape index (κ3) is 3.18. The Morgan fingerprint density at radius 2 is 2.00 bits per heavy atom. The van der Waals surface area contributed by atoms with Gasteiger partial charge in [0.05, 0.1) is 6.61 Å². The molecule has 2 aromatic rings. The van der Waals surface area contributed by atoms with Crippen LogP contribution in [0.5, 0.6) is 0 Å². The monoisotopic (exact) mass is 244 g/mol. The van der Waals surface area contributed by atoms with Crippen molar-refractivity contribution in [3.63, 3.8) is 0 Å². The standard InChI is InChI=1S/C13H16N4O/c1-18-8-7-15-12-9-11(14)16-13(17-12)10-5-3-2-4-6-10/h2-6,9H,7-8H2,1H3,(H3,14,15,16,17). The van der Waals surface area contributed by atoms with Crippen LogP contribution < -0.4 is 11.1 Å². The number of methoxy groups -OCH3 is 1. The van der Waals surface area contributed by atoms with Crippen molar-refractivity contribution in [2.24, 2.45) is 0 Å². The fourth-order valence-electron chi connectivity index (χ4n) is 1.55. The highest BCUT2D eigenvalue weighted by molar-refractivity contribution is 5.60. The van der Waals surface area contributed by atoms with Gasteiger partial charge in [-0.1, -0.05) is 30.3 Å². The van der Waals surface area contributed by atoms with E-state index < -0.39 is 0 Å². The van der Waals surface area contributed by atoms with Crippen LogP contribution in [0.25, 0.3) is 11.4 Å². The van der Waals surface area contributed by atoms with Gasteiger partial charge < -0.3 is 15.8 Å². The van der Waals surface area contributed by atoms with Gasteiger partial charge in [-0.2, -0.15) is 0 Å². The summed E-state index contributed by atoms with van der Waals surface area (Å²) in [6.45, 7) is 1.30. The largest absolute Gasteiger partial charge is 0.384 e. The van der Waals surface area contributed by atoms with E-state index in [9.17, 15) is 0 Å². The Hall–Kier alpha value is -2.14. The Labute approximate surface area is 106 Å². The fourth-order valence-corrected chi connectivity index (χ4v) is 1.55. The van der Waals surface area contributed by atoms with E-state index in [0.717, 1.165) is 5.56 Å². The van der Waals surface area contributed by atoms with Gasteiger partial charge >= 0.3 is 0 Å². The summed E-state index contributed by atoms with van der Waals surface area (Å²) in [4.78, 5) is 8.65. The van der Waals surface area contributed by atoms with Crippen LogP contribution >= 0.6 is 0 Å². The van der Waals surface area contributed by atoms with Gasteiger partial charge in [-0.05, 0) is 0 Å². The summed E-state index contributed by atoms with van der Waals surface area (Å²) in [7, 11) is 1.66. The molecule has 0 saturated heterocycles. The molecule has 2 rings (SSSR count). The SMILES string of the molecule is COCCNc1cc(N)nc(-c2ccccc2)n1. The summed E-state index contributed by atoms with van der Waals surface area (Å²) in [6, 6.07) is 11.5. The number of hydrogen-bond donors (Lipinski definition) is 2. The lowest BCUT2D eigenvalue weighted by Crippen LogP contribution is -2.10. The van der Waals surface area contributed by atoms with Crippen LogP contribution in [-0.2, 0) is 4.74 Å². The normalized spacial score (nSPS) is 10.3. The Morgan fingerprint density at radius 1 is 1.22 bits per heavy atom. The number of ether oxygens (including phenoxy) is 1. The van der Waals surface area contributed by atoms with Gasteiger partial charge in [0.1, 0.15) is 11.6 Å². The second-order valence-electron chi connectivity index (χ2n) is 3.79. The van der Waals surface area contributed by atoms with Crippen LogP contribution in [0.3, 0.4) is 0 Å². The molecule has 0 atom stereocenters. The number of rotatable bonds is 5. The number of nitrogens with one attached hydrogen (secondary N) is 1. The first-order valence-corrected chi connectivity index (χ1v) is 5.72. The number of anilines is 2. The average Bonchev–Trinajstić information content (AvgIpc) is 2.39. The number of nitrogen functional groups attached to an aromatic ring is 1. The summed E-state index contributed by atoms with van der Waals surface area (Å²) in [5.41, 5.74) is 6.72. The highest BCUT2D eigenvalue weighted by Gasteiger charge is 2.04. The van der Waals surface area contributed by atoms with Gasteiger partial charge in [-0.15, -0.1) is 0 Å². The van der Waals surface area contributed by atoms with Gasteiger partial charge in [-0.25, -0.2) is 9.97 Å². The van der Waals surface area contributed by atoms with E-state index in [1.54, 1.807) is 13.2 Å². The van der Waals surface area contributed by atoms with Crippen molar-refractivity contribution in [2.45, 2.75) is 0 Å². The van der Waals surface area contributed by atoms with Crippen LogP contribution in [0, 0.1) is 0 Å². The molecule has 5 heteroatoms. The number of aromatic nitrogens is 2. The van der Waals surface area contributed by atoms with E-state index in [0.29, 0.717) is 30.6 Å². The highest BCUT2D eigenvalue weighted by atomic mass is 16.5. The van der Waals surface area contributed by atoms with Crippen molar-refractivity contribution >= 4 is 11.6 Å². The molecule has 0 aliphatic heterocycles. The van der Waals surface area contributed by atoms with E-state index in [1.807, 2.05) is 30.3 Å². The fraction of sp³-hybridized carbons (Fsp3) is 0.231. The number of hydrogen-bond acceptors (Lipinski definition) is 5. The molecule has 0 fully saturated rings. The summed E-state index contributed by atoms with van der Waals surface area (Å²) in [5.74, 6) is 1.78. The molecule has 3 N–H and O–H groups in total. The van der Waals surface area contributed by atoms with E-state index in [-0.39, 0.29) is 0 Å². The molecule has 94 valence electrons. The maximum absolute atomic E-state index is 5.78. The summed E-state index contributed by atoms with van der Waals surface area (Å²) in [6.07, 6.45) is 0. The molecular weight excluding hydrogens is 228 g/mol. The average molecular weight is 244 g/mol. The van der Waals surface area contributed by atoms with Crippen molar-refractivity contribution in [1.82, 2.24) is 9.97 Å². The van der Waals surface area contributed by atoms with E-state index in [4.69, 9.17) is 10.5 Å². The Kier molecular flexibility index (Phi) is 4.09. The first-order chi connectivity index (χ1) is 8.79. The predicted octanol–water partition coefficient (Wildman–Crippen LogP) is 1.78. The second kappa shape index (κ2) is 5.97. The Morgan fingerprint density at radius 3 is 2.72 bits per heavy atom. The van der Waals surface area contributed by atoms with Gasteiger partial charge in [0.2, 0.25) is 0 Å². The summed E-state index contributed by atoms with van der Waals surface area (Å²) < 4.78 is 4.97. The molecule has 0 saturated carbocycles. The van der Waals surface area contributed by atoms with Crippen LogP contribution in [0.2, 0.25) is 0 Å². The second-order valence-corrected chi connectivity index (χ2v) is 3.79. The third-order valence-corrected chi connectivity index (χ3v) is 2.39. The van der Waals surface area contributed by atoms with Gasteiger partial charge in [0, 0.05) is 25.3 Å². The summed E-state index contributed by atoms with van der Waals surface area (Å²) >= 11 is 0. The zero-order valence-corrected chi connectivity index (χ0v) is 10.3. The molecule has 5 nitrogen and oxygen atoms in total. The predicted molar refractivity (Wildman–Crippen MR) is 72.2 cm³/mol. The summed E-state index contributed by atoms with van der Waals surface area (Å²) in [5, 5.41) is 3.14. The third-order valence-electron chi connectivity index (χ3n) is 2.39. The molecule has 1 aromatic heterocycles. The highest BCUT2D eigenvalue weighted by Crippen LogP contribution is 2.18. The van der Waals surface area contributed by atoms with E-state index in [1.165, 1.54) is 0 Å². The van der Waals surface area contributed by atoms with Crippen LogP contribution in [0.1, 0.15) is 0 Å². The molecule has 0 spiro atoms. The minimum absolute atomic E-state index is 0.448. The number of benzene rings is 1. The zero-order valence-electron chi connectivity index (χ0n) is 10.3. The number of nitrogens with two attached hydrogens (primary N) is 1. The quantitative estimate of drug-likeness (QED) is 0.784. The van der Waals surface area contributed by atoms with Gasteiger partial charge in [0.25, 0.3) is 0 Å². The first-order valence-electron chi connectivity index (χ1n) is 5.72. The number of nitrogens with zero attached hydrogens (tertiary/aromatic N) is 2. The lowest BCUT2D eigenvalue weighted by molar-refractivity contribution is 0.210. The topological polar surface area (TPSA) is 73.1 Å². The molecule has 0 aliphatic carbocycles. The molecule has 1 aromatic carbocycles. The van der Waals surface area contributed by atoms with Crippen LogP contribution in [0.15, 0.2) is 36.4 Å². The van der Waals surface area contributed by atoms with Gasteiger partial charge in [-0.3, -0.25) is 0 Å². The molecule has 18 heavy (non-hydrogen) atoms. The minimum atomic E-state index is 0.448. The maximum Gasteiger partial charge on any atom is 0.163 e. The van der Waals surface area contributed by atoms with Crippen molar-refractivity contribution in [1.29, 1.82) is 0 Å². The molecule has 1 heterocycles. The Bertz CT molecular complexity index is 502. The lowest BCUT2D eigenvalue weighted by Gasteiger charge is -2.08. The van der Waals surface area contributed by atoms with Crippen LogP contribution in [0.4, 0.5) is 11.6 Å². The van der Waals surface area contributed by atoms with E-state index >= 15 is 0 Å². The first kappa shape index (κ1) is 12.3. The molecule has 0 bridgehead atoms.